The summed E-state index contributed by atoms with van der Waals surface area (Å²) in [6.45, 7) is 5.00. The maximum Gasteiger partial charge on any atom is 0.412 e. The standard InChI is InChI=1S/C12H13FN2O3/c1-12(2,3)18-11(17)15-9-4-7(13)5-10(16)8(9)6-14/h4-5,16H,1-3H3,(H,15,17). The predicted octanol–water partition coefficient (Wildman–Crippen LogP) is 2.75. The first-order valence-electron chi connectivity index (χ1n) is 5.15. The van der Waals surface area contributed by atoms with Crippen molar-refractivity contribution < 1.29 is 19.0 Å². The number of carbonyl (C=O) groups is 1. The van der Waals surface area contributed by atoms with Crippen LogP contribution in [0.2, 0.25) is 0 Å². The van der Waals surface area contributed by atoms with Gasteiger partial charge in [0.2, 0.25) is 0 Å². The second-order valence-corrected chi connectivity index (χ2v) is 4.59. The van der Waals surface area contributed by atoms with Crippen molar-refractivity contribution in [2.24, 2.45) is 0 Å². The fourth-order valence-electron chi connectivity index (χ4n) is 1.22. The van der Waals surface area contributed by atoms with Crippen molar-refractivity contribution in [3.63, 3.8) is 0 Å². The average Bonchev–Trinajstić information content (AvgIpc) is 2.13. The van der Waals surface area contributed by atoms with Crippen LogP contribution in [0.15, 0.2) is 12.1 Å². The van der Waals surface area contributed by atoms with Crippen LogP contribution in [-0.2, 0) is 4.74 Å². The third kappa shape index (κ3) is 3.63. The molecule has 0 fully saturated rings. The summed E-state index contributed by atoms with van der Waals surface area (Å²) in [5.74, 6) is -1.30. The Morgan fingerprint density at radius 2 is 2.11 bits per heavy atom. The van der Waals surface area contributed by atoms with Crippen molar-refractivity contribution in [2.45, 2.75) is 26.4 Å². The summed E-state index contributed by atoms with van der Waals surface area (Å²) in [7, 11) is 0. The molecule has 0 saturated carbocycles. The van der Waals surface area contributed by atoms with E-state index in [1.165, 1.54) is 0 Å². The van der Waals surface area contributed by atoms with Gasteiger partial charge in [0.1, 0.15) is 28.8 Å². The molecule has 1 rings (SSSR count). The number of phenols is 1. The van der Waals surface area contributed by atoms with Crippen LogP contribution in [0, 0.1) is 17.1 Å². The lowest BCUT2D eigenvalue weighted by Crippen LogP contribution is -2.27. The van der Waals surface area contributed by atoms with E-state index in [0.717, 1.165) is 12.1 Å². The van der Waals surface area contributed by atoms with Crippen molar-refractivity contribution >= 4 is 11.8 Å². The Labute approximate surface area is 104 Å². The Kier molecular flexibility index (Phi) is 3.76. The molecule has 1 aromatic carbocycles. The number of amides is 1. The Morgan fingerprint density at radius 3 is 2.61 bits per heavy atom. The number of hydrogen-bond donors (Lipinski definition) is 2. The Bertz CT molecular complexity index is 515. The minimum atomic E-state index is -0.830. The molecule has 6 heteroatoms. The van der Waals surface area contributed by atoms with Gasteiger partial charge < -0.3 is 9.84 Å². The van der Waals surface area contributed by atoms with Crippen LogP contribution < -0.4 is 5.32 Å². The zero-order valence-corrected chi connectivity index (χ0v) is 10.2. The first-order chi connectivity index (χ1) is 8.23. The molecule has 0 aromatic heterocycles. The first-order valence-corrected chi connectivity index (χ1v) is 5.15. The highest BCUT2D eigenvalue weighted by molar-refractivity contribution is 5.87. The molecular formula is C12H13FN2O3. The summed E-state index contributed by atoms with van der Waals surface area (Å²) in [4.78, 5) is 11.5. The molecule has 0 aliphatic rings. The zero-order valence-electron chi connectivity index (χ0n) is 10.2. The smallest absolute Gasteiger partial charge is 0.412 e. The van der Waals surface area contributed by atoms with E-state index in [0.29, 0.717) is 0 Å². The molecule has 0 aliphatic carbocycles. The number of carbonyl (C=O) groups excluding carboxylic acids is 1. The lowest BCUT2D eigenvalue weighted by atomic mass is 10.1. The molecular weight excluding hydrogens is 239 g/mol. The molecule has 0 radical (unpaired) electrons. The van der Waals surface area contributed by atoms with Gasteiger partial charge in [-0.1, -0.05) is 0 Å². The van der Waals surface area contributed by atoms with Gasteiger partial charge in [-0.2, -0.15) is 5.26 Å². The van der Waals surface area contributed by atoms with Gasteiger partial charge in [-0.3, -0.25) is 5.32 Å². The minimum absolute atomic E-state index is 0.135. The van der Waals surface area contributed by atoms with Crippen molar-refractivity contribution in [1.82, 2.24) is 0 Å². The number of benzene rings is 1. The summed E-state index contributed by atoms with van der Waals surface area (Å²) in [6.07, 6.45) is -0.830. The van der Waals surface area contributed by atoms with Crippen LogP contribution in [0.4, 0.5) is 14.9 Å². The number of anilines is 1. The monoisotopic (exact) mass is 252 g/mol. The maximum atomic E-state index is 13.1. The maximum absolute atomic E-state index is 13.1. The quantitative estimate of drug-likeness (QED) is 0.805. The summed E-state index contributed by atoms with van der Waals surface area (Å²) in [6, 6.07) is 3.40. The Morgan fingerprint density at radius 1 is 1.50 bits per heavy atom. The number of nitriles is 1. The van der Waals surface area contributed by atoms with Crippen LogP contribution in [0.1, 0.15) is 26.3 Å². The van der Waals surface area contributed by atoms with Gasteiger partial charge in [-0.25, -0.2) is 9.18 Å². The van der Waals surface area contributed by atoms with E-state index in [-0.39, 0.29) is 11.3 Å². The summed E-state index contributed by atoms with van der Waals surface area (Å²) >= 11 is 0. The summed E-state index contributed by atoms with van der Waals surface area (Å²) in [5.41, 5.74) is -1.07. The Hall–Kier alpha value is -2.29. The fraction of sp³-hybridized carbons (Fsp3) is 0.333. The molecule has 5 nitrogen and oxygen atoms in total. The Balaban J connectivity index is 2.98. The molecule has 0 bridgehead atoms. The van der Waals surface area contributed by atoms with E-state index in [4.69, 9.17) is 10.00 Å². The lowest BCUT2D eigenvalue weighted by molar-refractivity contribution is 0.0636. The van der Waals surface area contributed by atoms with Crippen molar-refractivity contribution in [1.29, 1.82) is 5.26 Å². The van der Waals surface area contributed by atoms with E-state index in [2.05, 4.69) is 5.32 Å². The van der Waals surface area contributed by atoms with Crippen LogP contribution in [0.5, 0.6) is 5.75 Å². The molecule has 1 amide bonds. The second kappa shape index (κ2) is 4.92. The van der Waals surface area contributed by atoms with Crippen molar-refractivity contribution in [3.05, 3.63) is 23.5 Å². The number of nitrogens with zero attached hydrogens (tertiary/aromatic N) is 1. The van der Waals surface area contributed by atoms with Gasteiger partial charge in [0.25, 0.3) is 0 Å². The van der Waals surface area contributed by atoms with E-state index >= 15 is 0 Å². The number of phenolic OH excluding ortho intramolecular Hbond substituents is 1. The summed E-state index contributed by atoms with van der Waals surface area (Å²) < 4.78 is 18.0. The van der Waals surface area contributed by atoms with Gasteiger partial charge in [-0.15, -0.1) is 0 Å². The van der Waals surface area contributed by atoms with Crippen LogP contribution in [0.3, 0.4) is 0 Å². The van der Waals surface area contributed by atoms with Gasteiger partial charge in [0, 0.05) is 6.07 Å². The van der Waals surface area contributed by atoms with E-state index < -0.39 is 23.3 Å². The number of nitrogens with one attached hydrogen (secondary N) is 1. The van der Waals surface area contributed by atoms with E-state index in [1.54, 1.807) is 26.8 Å². The van der Waals surface area contributed by atoms with E-state index in [9.17, 15) is 14.3 Å². The van der Waals surface area contributed by atoms with Gasteiger partial charge >= 0.3 is 6.09 Å². The van der Waals surface area contributed by atoms with E-state index in [1.807, 2.05) is 0 Å². The fourth-order valence-corrected chi connectivity index (χ4v) is 1.22. The van der Waals surface area contributed by atoms with Crippen molar-refractivity contribution in [2.75, 3.05) is 5.32 Å². The normalized spacial score (nSPS) is 10.6. The number of aromatic hydroxyl groups is 1. The highest BCUT2D eigenvalue weighted by atomic mass is 19.1. The zero-order chi connectivity index (χ0) is 13.9. The number of hydrogen-bond acceptors (Lipinski definition) is 4. The highest BCUT2D eigenvalue weighted by Gasteiger charge is 2.18. The molecule has 96 valence electrons. The largest absolute Gasteiger partial charge is 0.506 e. The molecule has 1 aromatic rings. The summed E-state index contributed by atoms with van der Waals surface area (Å²) in [5, 5.41) is 20.4. The molecule has 18 heavy (non-hydrogen) atoms. The molecule has 0 aliphatic heterocycles. The molecule has 0 atom stereocenters. The van der Waals surface area contributed by atoms with Gasteiger partial charge in [0.05, 0.1) is 5.69 Å². The van der Waals surface area contributed by atoms with Crippen LogP contribution >= 0.6 is 0 Å². The van der Waals surface area contributed by atoms with Crippen LogP contribution in [-0.4, -0.2) is 16.8 Å². The number of ether oxygens (including phenoxy) is 1. The number of halogens is 1. The highest BCUT2D eigenvalue weighted by Crippen LogP contribution is 2.26. The van der Waals surface area contributed by atoms with Gasteiger partial charge in [-0.05, 0) is 26.8 Å². The SMILES string of the molecule is CC(C)(C)OC(=O)Nc1cc(F)cc(O)c1C#N. The van der Waals surface area contributed by atoms with Crippen LogP contribution in [0.25, 0.3) is 0 Å². The topological polar surface area (TPSA) is 82.3 Å². The van der Waals surface area contributed by atoms with Gasteiger partial charge in [0.15, 0.2) is 0 Å². The molecule has 0 spiro atoms. The number of rotatable bonds is 1. The molecule has 0 unspecified atom stereocenters. The predicted molar refractivity (Wildman–Crippen MR) is 62.6 cm³/mol. The van der Waals surface area contributed by atoms with Crippen molar-refractivity contribution in [3.8, 4) is 11.8 Å². The third-order valence-electron chi connectivity index (χ3n) is 1.83. The average molecular weight is 252 g/mol. The molecule has 2 N–H and O–H groups in total. The first kappa shape index (κ1) is 13.8. The third-order valence-corrected chi connectivity index (χ3v) is 1.83. The molecule has 0 saturated heterocycles. The minimum Gasteiger partial charge on any atom is -0.506 e. The second-order valence-electron chi connectivity index (χ2n) is 4.59. The molecule has 0 heterocycles. The lowest BCUT2D eigenvalue weighted by Gasteiger charge is -2.20.